The van der Waals surface area contributed by atoms with Crippen LogP contribution in [-0.4, -0.2) is 0 Å². The van der Waals surface area contributed by atoms with E-state index in [4.69, 9.17) is 0 Å². The fraction of sp³-hybridized carbons (Fsp3) is 0.316. The molecule has 0 fully saturated rings. The molecule has 2 aromatic carbocycles. The Morgan fingerprint density at radius 1 is 0.579 bits per heavy atom. The number of hydrogen-bond acceptors (Lipinski definition) is 0. The van der Waals surface area contributed by atoms with Crippen LogP contribution >= 0.6 is 0 Å². The molecule has 99 valence electrons. The van der Waals surface area contributed by atoms with Crippen LogP contribution in [0.3, 0.4) is 0 Å². The van der Waals surface area contributed by atoms with Crippen molar-refractivity contribution in [3.63, 3.8) is 0 Å². The van der Waals surface area contributed by atoms with Crippen molar-refractivity contribution in [2.75, 3.05) is 0 Å². The average molecular weight is 251 g/mol. The zero-order valence-electron chi connectivity index (χ0n) is 12.4. The molecule has 0 aliphatic carbocycles. The summed E-state index contributed by atoms with van der Waals surface area (Å²) in [4.78, 5) is 0. The summed E-state index contributed by atoms with van der Waals surface area (Å²) in [6.45, 7) is 8.90. The SMILES string of the molecule is CC(C)c1ccc([CH]c2ccc(C(C)C)cc2)cc1. The van der Waals surface area contributed by atoms with E-state index in [9.17, 15) is 0 Å². The van der Waals surface area contributed by atoms with Crippen molar-refractivity contribution < 1.29 is 0 Å². The molecule has 19 heavy (non-hydrogen) atoms. The Hall–Kier alpha value is -1.56. The van der Waals surface area contributed by atoms with E-state index in [0.717, 1.165) is 0 Å². The molecule has 0 N–H and O–H groups in total. The van der Waals surface area contributed by atoms with Gasteiger partial charge in [0.1, 0.15) is 0 Å². The average Bonchev–Trinajstić information content (AvgIpc) is 2.40. The Morgan fingerprint density at radius 3 is 1.16 bits per heavy atom. The lowest BCUT2D eigenvalue weighted by atomic mass is 9.97. The predicted octanol–water partition coefficient (Wildman–Crippen LogP) is 5.53. The molecule has 0 amide bonds. The quantitative estimate of drug-likeness (QED) is 0.669. The van der Waals surface area contributed by atoms with Gasteiger partial charge in [-0.05, 0) is 34.1 Å². The third kappa shape index (κ3) is 3.70. The maximum Gasteiger partial charge on any atom is 0.0199 e. The van der Waals surface area contributed by atoms with Crippen LogP contribution in [0.2, 0.25) is 0 Å². The molecule has 2 aromatic rings. The van der Waals surface area contributed by atoms with Crippen LogP contribution in [0.15, 0.2) is 48.5 Å². The Balaban J connectivity index is 2.08. The summed E-state index contributed by atoms with van der Waals surface area (Å²) in [6, 6.07) is 17.7. The zero-order chi connectivity index (χ0) is 13.8. The van der Waals surface area contributed by atoms with Gasteiger partial charge in [0.15, 0.2) is 0 Å². The Labute approximate surface area is 117 Å². The van der Waals surface area contributed by atoms with Crippen molar-refractivity contribution >= 4 is 0 Å². The normalized spacial score (nSPS) is 11.3. The summed E-state index contributed by atoms with van der Waals surface area (Å²) < 4.78 is 0. The second-order valence-corrected chi connectivity index (χ2v) is 5.79. The molecule has 1 radical (unpaired) electrons. The summed E-state index contributed by atoms with van der Waals surface area (Å²) in [6.07, 6.45) is 2.23. The highest BCUT2D eigenvalue weighted by Crippen LogP contribution is 2.20. The number of rotatable bonds is 4. The van der Waals surface area contributed by atoms with E-state index in [1.807, 2.05) is 0 Å². The van der Waals surface area contributed by atoms with Crippen LogP contribution in [-0.2, 0) is 0 Å². The van der Waals surface area contributed by atoms with Crippen LogP contribution in [0, 0.1) is 6.42 Å². The third-order valence-electron chi connectivity index (χ3n) is 3.54. The first-order valence-corrected chi connectivity index (χ1v) is 7.11. The highest BCUT2D eigenvalue weighted by atomic mass is 14.1. The maximum absolute atomic E-state index is 2.23. The highest BCUT2D eigenvalue weighted by molar-refractivity contribution is 5.39. The van der Waals surface area contributed by atoms with Gasteiger partial charge in [0, 0.05) is 6.42 Å². The van der Waals surface area contributed by atoms with Crippen molar-refractivity contribution in [3.8, 4) is 0 Å². The van der Waals surface area contributed by atoms with Gasteiger partial charge in [-0.1, -0.05) is 76.2 Å². The lowest BCUT2D eigenvalue weighted by Crippen LogP contribution is -1.91. The molecule has 0 spiro atoms. The van der Waals surface area contributed by atoms with E-state index >= 15 is 0 Å². The first-order chi connectivity index (χ1) is 9.06. The monoisotopic (exact) mass is 251 g/mol. The van der Waals surface area contributed by atoms with Gasteiger partial charge >= 0.3 is 0 Å². The van der Waals surface area contributed by atoms with E-state index in [1.54, 1.807) is 0 Å². The first-order valence-electron chi connectivity index (χ1n) is 7.11. The molecule has 0 heteroatoms. The fourth-order valence-corrected chi connectivity index (χ4v) is 2.15. The Bertz CT molecular complexity index is 451. The first kappa shape index (κ1) is 13.9. The molecular weight excluding hydrogens is 228 g/mol. The minimum atomic E-state index is 0.597. The summed E-state index contributed by atoms with van der Waals surface area (Å²) in [5.74, 6) is 1.19. The maximum atomic E-state index is 2.23. The minimum absolute atomic E-state index is 0.597. The van der Waals surface area contributed by atoms with Crippen molar-refractivity contribution in [2.24, 2.45) is 0 Å². The lowest BCUT2D eigenvalue weighted by molar-refractivity contribution is 0.865. The molecule has 2 rings (SSSR count). The van der Waals surface area contributed by atoms with Crippen LogP contribution in [0.4, 0.5) is 0 Å². The Morgan fingerprint density at radius 2 is 0.895 bits per heavy atom. The van der Waals surface area contributed by atoms with Crippen LogP contribution in [0.1, 0.15) is 61.8 Å². The number of hydrogen-bond donors (Lipinski definition) is 0. The van der Waals surface area contributed by atoms with E-state index in [-0.39, 0.29) is 0 Å². The predicted molar refractivity (Wildman–Crippen MR) is 83.6 cm³/mol. The Kier molecular flexibility index (Phi) is 4.42. The van der Waals surface area contributed by atoms with Crippen molar-refractivity contribution in [1.29, 1.82) is 0 Å². The van der Waals surface area contributed by atoms with Gasteiger partial charge in [0.2, 0.25) is 0 Å². The smallest absolute Gasteiger partial charge is 0.0199 e. The standard InChI is InChI=1S/C19H23/c1-14(2)18-9-5-16(6-10-18)13-17-7-11-19(12-8-17)15(3)4/h5-15H,1-4H3. The van der Waals surface area contributed by atoms with Gasteiger partial charge in [-0.2, -0.15) is 0 Å². The van der Waals surface area contributed by atoms with E-state index in [1.165, 1.54) is 22.3 Å². The van der Waals surface area contributed by atoms with Crippen molar-refractivity contribution in [3.05, 3.63) is 77.2 Å². The van der Waals surface area contributed by atoms with E-state index in [2.05, 4.69) is 82.6 Å². The number of benzene rings is 2. The van der Waals surface area contributed by atoms with Gasteiger partial charge in [-0.3, -0.25) is 0 Å². The van der Waals surface area contributed by atoms with Crippen LogP contribution in [0.5, 0.6) is 0 Å². The second kappa shape index (κ2) is 6.06. The molecule has 0 aliphatic rings. The molecule has 0 aromatic heterocycles. The second-order valence-electron chi connectivity index (χ2n) is 5.79. The summed E-state index contributed by atoms with van der Waals surface area (Å²) >= 11 is 0. The van der Waals surface area contributed by atoms with Gasteiger partial charge in [-0.25, -0.2) is 0 Å². The minimum Gasteiger partial charge on any atom is -0.0587 e. The summed E-state index contributed by atoms with van der Waals surface area (Å²) in [7, 11) is 0. The molecular formula is C19H23. The van der Waals surface area contributed by atoms with Crippen LogP contribution < -0.4 is 0 Å². The lowest BCUT2D eigenvalue weighted by Gasteiger charge is -2.08. The highest BCUT2D eigenvalue weighted by Gasteiger charge is 2.02. The van der Waals surface area contributed by atoms with Crippen LogP contribution in [0.25, 0.3) is 0 Å². The fourth-order valence-electron chi connectivity index (χ4n) is 2.15. The van der Waals surface area contributed by atoms with Gasteiger partial charge in [0.05, 0.1) is 0 Å². The molecule has 0 bridgehead atoms. The largest absolute Gasteiger partial charge is 0.0587 e. The molecule has 0 unspecified atom stereocenters. The van der Waals surface area contributed by atoms with Gasteiger partial charge in [0.25, 0.3) is 0 Å². The topological polar surface area (TPSA) is 0 Å². The zero-order valence-corrected chi connectivity index (χ0v) is 12.4. The molecule has 0 nitrogen and oxygen atoms in total. The third-order valence-corrected chi connectivity index (χ3v) is 3.54. The van der Waals surface area contributed by atoms with Gasteiger partial charge < -0.3 is 0 Å². The van der Waals surface area contributed by atoms with Crippen molar-refractivity contribution in [1.82, 2.24) is 0 Å². The summed E-state index contributed by atoms with van der Waals surface area (Å²) in [5.41, 5.74) is 5.32. The van der Waals surface area contributed by atoms with E-state index < -0.39 is 0 Å². The van der Waals surface area contributed by atoms with Gasteiger partial charge in [-0.15, -0.1) is 0 Å². The van der Waals surface area contributed by atoms with E-state index in [0.29, 0.717) is 11.8 Å². The molecule has 0 saturated carbocycles. The molecule has 0 atom stereocenters. The molecule has 0 aliphatic heterocycles. The molecule has 0 heterocycles. The van der Waals surface area contributed by atoms with Crippen molar-refractivity contribution in [2.45, 2.75) is 39.5 Å². The summed E-state index contributed by atoms with van der Waals surface area (Å²) in [5, 5.41) is 0. The molecule has 0 saturated heterocycles.